The summed E-state index contributed by atoms with van der Waals surface area (Å²) in [6.07, 6.45) is 0.992. The van der Waals surface area contributed by atoms with Crippen LogP contribution in [0.3, 0.4) is 0 Å². The van der Waals surface area contributed by atoms with Crippen LogP contribution < -0.4 is 11.3 Å². The van der Waals surface area contributed by atoms with Crippen molar-refractivity contribution in [2.75, 3.05) is 24.7 Å². The SMILES string of the molecule is NNCC1(CO)CCS(=O)(=O)CC1. The molecule has 1 heterocycles. The summed E-state index contributed by atoms with van der Waals surface area (Å²) in [6.45, 7) is 0.464. The van der Waals surface area contributed by atoms with E-state index in [1.165, 1.54) is 0 Å². The molecule has 0 aromatic heterocycles. The Balaban J connectivity index is 2.63. The smallest absolute Gasteiger partial charge is 0.150 e. The van der Waals surface area contributed by atoms with Crippen LogP contribution in [0.4, 0.5) is 0 Å². The molecule has 0 radical (unpaired) electrons. The predicted molar refractivity (Wildman–Crippen MR) is 49.6 cm³/mol. The minimum atomic E-state index is -2.86. The van der Waals surface area contributed by atoms with Gasteiger partial charge in [-0.1, -0.05) is 0 Å². The average Bonchev–Trinajstić information content (AvgIpc) is 2.10. The topological polar surface area (TPSA) is 92.4 Å². The molecule has 0 aromatic rings. The highest BCUT2D eigenvalue weighted by Crippen LogP contribution is 2.31. The standard InChI is InChI=1S/C7H16N2O3S/c8-9-5-7(6-10)1-3-13(11,12)4-2-7/h9-10H,1-6,8H2. The molecule has 5 nitrogen and oxygen atoms in total. The van der Waals surface area contributed by atoms with Crippen molar-refractivity contribution in [3.8, 4) is 0 Å². The molecule has 1 saturated heterocycles. The Labute approximate surface area is 78.2 Å². The van der Waals surface area contributed by atoms with Crippen molar-refractivity contribution in [1.82, 2.24) is 5.43 Å². The third-order valence-corrected chi connectivity index (χ3v) is 4.35. The number of hydrogen-bond acceptors (Lipinski definition) is 5. The Morgan fingerprint density at radius 2 is 1.92 bits per heavy atom. The van der Waals surface area contributed by atoms with Crippen molar-refractivity contribution in [2.24, 2.45) is 11.3 Å². The molecule has 1 rings (SSSR count). The summed E-state index contributed by atoms with van der Waals surface area (Å²) in [7, 11) is -2.86. The van der Waals surface area contributed by atoms with Gasteiger partial charge in [0, 0.05) is 12.0 Å². The van der Waals surface area contributed by atoms with Crippen molar-refractivity contribution >= 4 is 9.84 Å². The second kappa shape index (κ2) is 3.91. The van der Waals surface area contributed by atoms with Gasteiger partial charge in [0.2, 0.25) is 0 Å². The monoisotopic (exact) mass is 208 g/mol. The summed E-state index contributed by atoms with van der Waals surface area (Å²) in [5.74, 6) is 5.50. The summed E-state index contributed by atoms with van der Waals surface area (Å²) in [5, 5.41) is 9.15. The lowest BCUT2D eigenvalue weighted by molar-refractivity contribution is 0.111. The Hall–Kier alpha value is -0.170. The van der Waals surface area contributed by atoms with E-state index in [9.17, 15) is 8.42 Å². The quantitative estimate of drug-likeness (QED) is 0.393. The first-order chi connectivity index (χ1) is 6.04. The van der Waals surface area contributed by atoms with Gasteiger partial charge in [-0.05, 0) is 12.8 Å². The summed E-state index contributed by atoms with van der Waals surface area (Å²) < 4.78 is 22.3. The molecule has 0 amide bonds. The van der Waals surface area contributed by atoms with Crippen LogP contribution in [0.2, 0.25) is 0 Å². The van der Waals surface area contributed by atoms with E-state index in [4.69, 9.17) is 10.9 Å². The summed E-state index contributed by atoms with van der Waals surface area (Å²) >= 11 is 0. The Morgan fingerprint density at radius 3 is 2.31 bits per heavy atom. The van der Waals surface area contributed by atoms with Crippen molar-refractivity contribution in [3.05, 3.63) is 0 Å². The third kappa shape index (κ3) is 2.63. The molecular formula is C7H16N2O3S. The highest BCUT2D eigenvalue weighted by molar-refractivity contribution is 7.91. The molecule has 13 heavy (non-hydrogen) atoms. The van der Waals surface area contributed by atoms with Gasteiger partial charge in [-0.2, -0.15) is 0 Å². The maximum atomic E-state index is 11.1. The molecule has 0 unspecified atom stereocenters. The van der Waals surface area contributed by atoms with Crippen LogP contribution in [0.25, 0.3) is 0 Å². The number of nitrogens with one attached hydrogen (secondary N) is 1. The number of hydrazine groups is 1. The Bertz CT molecular complexity index is 249. The van der Waals surface area contributed by atoms with Gasteiger partial charge in [-0.3, -0.25) is 11.3 Å². The number of aliphatic hydroxyl groups excluding tert-OH is 1. The summed E-state index contributed by atoms with van der Waals surface area (Å²) in [6, 6.07) is 0. The van der Waals surface area contributed by atoms with Gasteiger partial charge in [0.25, 0.3) is 0 Å². The van der Waals surface area contributed by atoms with Gasteiger partial charge in [0.1, 0.15) is 9.84 Å². The molecule has 78 valence electrons. The molecule has 0 spiro atoms. The molecule has 0 aliphatic carbocycles. The second-order valence-corrected chi connectivity index (χ2v) is 5.99. The van der Waals surface area contributed by atoms with Gasteiger partial charge in [0.05, 0.1) is 18.1 Å². The van der Waals surface area contributed by atoms with E-state index in [-0.39, 0.29) is 23.5 Å². The minimum Gasteiger partial charge on any atom is -0.396 e. The van der Waals surface area contributed by atoms with Gasteiger partial charge in [-0.15, -0.1) is 0 Å². The minimum absolute atomic E-state index is 0.00722. The second-order valence-electron chi connectivity index (χ2n) is 3.69. The molecule has 1 aliphatic rings. The highest BCUT2D eigenvalue weighted by atomic mass is 32.2. The van der Waals surface area contributed by atoms with Crippen LogP contribution >= 0.6 is 0 Å². The maximum Gasteiger partial charge on any atom is 0.150 e. The number of nitrogens with two attached hydrogens (primary N) is 1. The zero-order valence-electron chi connectivity index (χ0n) is 7.49. The van der Waals surface area contributed by atoms with E-state index in [1.807, 2.05) is 0 Å². The van der Waals surface area contributed by atoms with Crippen molar-refractivity contribution in [1.29, 1.82) is 0 Å². The predicted octanol–water partition coefficient (Wildman–Crippen LogP) is -1.36. The van der Waals surface area contributed by atoms with E-state index < -0.39 is 9.84 Å². The largest absolute Gasteiger partial charge is 0.396 e. The van der Waals surface area contributed by atoms with Gasteiger partial charge in [-0.25, -0.2) is 8.42 Å². The number of aliphatic hydroxyl groups is 1. The highest BCUT2D eigenvalue weighted by Gasteiger charge is 2.36. The Morgan fingerprint density at radius 1 is 1.38 bits per heavy atom. The van der Waals surface area contributed by atoms with E-state index in [0.717, 1.165) is 0 Å². The fourth-order valence-corrected chi connectivity index (χ4v) is 3.27. The zero-order valence-corrected chi connectivity index (χ0v) is 8.31. The summed E-state index contributed by atoms with van der Waals surface area (Å²) in [5.41, 5.74) is 2.17. The number of sulfone groups is 1. The van der Waals surface area contributed by atoms with Crippen LogP contribution in [-0.2, 0) is 9.84 Å². The lowest BCUT2D eigenvalue weighted by atomic mass is 9.83. The van der Waals surface area contributed by atoms with Gasteiger partial charge >= 0.3 is 0 Å². The normalized spacial score (nSPS) is 25.7. The van der Waals surface area contributed by atoms with Crippen molar-refractivity contribution in [2.45, 2.75) is 12.8 Å². The molecule has 1 aliphatic heterocycles. The van der Waals surface area contributed by atoms with Crippen LogP contribution in [-0.4, -0.2) is 38.2 Å². The number of rotatable bonds is 3. The molecule has 0 saturated carbocycles. The fourth-order valence-electron chi connectivity index (χ4n) is 1.58. The molecule has 0 aromatic carbocycles. The van der Waals surface area contributed by atoms with Crippen molar-refractivity contribution in [3.63, 3.8) is 0 Å². The van der Waals surface area contributed by atoms with Crippen molar-refractivity contribution < 1.29 is 13.5 Å². The first-order valence-corrected chi connectivity index (χ1v) is 6.10. The van der Waals surface area contributed by atoms with E-state index in [1.54, 1.807) is 0 Å². The van der Waals surface area contributed by atoms with E-state index in [2.05, 4.69) is 5.43 Å². The molecule has 0 bridgehead atoms. The van der Waals surface area contributed by atoms with E-state index in [0.29, 0.717) is 19.4 Å². The summed E-state index contributed by atoms with van der Waals surface area (Å²) in [4.78, 5) is 0. The van der Waals surface area contributed by atoms with Gasteiger partial charge in [0.15, 0.2) is 0 Å². The molecule has 0 atom stereocenters. The lowest BCUT2D eigenvalue weighted by Gasteiger charge is -2.34. The lowest BCUT2D eigenvalue weighted by Crippen LogP contribution is -2.45. The van der Waals surface area contributed by atoms with Gasteiger partial charge < -0.3 is 5.11 Å². The zero-order chi connectivity index (χ0) is 9.95. The average molecular weight is 208 g/mol. The fraction of sp³-hybridized carbons (Fsp3) is 1.00. The molecule has 4 N–H and O–H groups in total. The van der Waals surface area contributed by atoms with E-state index >= 15 is 0 Å². The number of hydrogen-bond donors (Lipinski definition) is 3. The third-order valence-electron chi connectivity index (χ3n) is 2.70. The molecule has 6 heteroatoms. The van der Waals surface area contributed by atoms with Crippen LogP contribution in [0.1, 0.15) is 12.8 Å². The maximum absolute atomic E-state index is 11.1. The molecule has 1 fully saturated rings. The first kappa shape index (κ1) is 10.9. The molecular weight excluding hydrogens is 192 g/mol. The van der Waals surface area contributed by atoms with Crippen LogP contribution in [0.15, 0.2) is 0 Å². The Kier molecular flexibility index (Phi) is 3.28. The van der Waals surface area contributed by atoms with Crippen LogP contribution in [0.5, 0.6) is 0 Å². The first-order valence-electron chi connectivity index (χ1n) is 4.28. The van der Waals surface area contributed by atoms with Crippen LogP contribution in [0, 0.1) is 5.41 Å².